The number of aliphatic hydroxyl groups excluding tert-OH is 1. The zero-order valence-corrected chi connectivity index (χ0v) is 12.0. The molecule has 5 heteroatoms. The second-order valence-electron chi connectivity index (χ2n) is 5.23. The van der Waals surface area contributed by atoms with Crippen LogP contribution < -0.4 is 0 Å². The van der Waals surface area contributed by atoms with Crippen molar-refractivity contribution in [1.82, 2.24) is 4.31 Å². The highest BCUT2D eigenvalue weighted by Gasteiger charge is 2.34. The Hall–Kier alpha value is -0.910. The molecule has 1 fully saturated rings. The third kappa shape index (κ3) is 3.78. The fraction of sp³-hybridized carbons (Fsp3) is 0.571. The van der Waals surface area contributed by atoms with Gasteiger partial charge in [-0.2, -0.15) is 4.31 Å². The lowest BCUT2D eigenvalue weighted by Crippen LogP contribution is -2.37. The molecule has 0 spiro atoms. The lowest BCUT2D eigenvalue weighted by Gasteiger charge is -2.25. The average Bonchev–Trinajstić information content (AvgIpc) is 2.77. The Labute approximate surface area is 115 Å². The monoisotopic (exact) mass is 283 g/mol. The van der Waals surface area contributed by atoms with Gasteiger partial charge < -0.3 is 5.11 Å². The van der Waals surface area contributed by atoms with E-state index in [1.807, 2.05) is 30.3 Å². The first kappa shape index (κ1) is 14.5. The highest BCUT2D eigenvalue weighted by atomic mass is 32.2. The Kier molecular flexibility index (Phi) is 4.60. The normalized spacial score (nSPS) is 22.5. The first-order valence-corrected chi connectivity index (χ1v) is 8.31. The molecular formula is C14H21NO3S. The van der Waals surface area contributed by atoms with Gasteiger partial charge in [0.15, 0.2) is 0 Å². The molecule has 0 aliphatic carbocycles. The van der Waals surface area contributed by atoms with Gasteiger partial charge in [-0.05, 0) is 31.7 Å². The van der Waals surface area contributed by atoms with Crippen molar-refractivity contribution in [1.29, 1.82) is 0 Å². The van der Waals surface area contributed by atoms with Gasteiger partial charge in [-0.15, -0.1) is 0 Å². The van der Waals surface area contributed by atoms with Crippen molar-refractivity contribution in [3.63, 3.8) is 0 Å². The predicted molar refractivity (Wildman–Crippen MR) is 75.1 cm³/mol. The van der Waals surface area contributed by atoms with Gasteiger partial charge in [0.05, 0.1) is 11.9 Å². The third-order valence-corrected chi connectivity index (χ3v) is 5.38. The SMILES string of the molecule is CC(O)CC1CCCN1S(=O)(=O)Cc1ccccc1. The van der Waals surface area contributed by atoms with Crippen LogP contribution in [0.15, 0.2) is 30.3 Å². The molecule has 0 aromatic heterocycles. The molecule has 0 amide bonds. The third-order valence-electron chi connectivity index (χ3n) is 3.49. The van der Waals surface area contributed by atoms with E-state index in [-0.39, 0.29) is 11.8 Å². The summed E-state index contributed by atoms with van der Waals surface area (Å²) in [6, 6.07) is 9.19. The van der Waals surface area contributed by atoms with Crippen molar-refractivity contribution in [2.45, 2.75) is 44.1 Å². The molecule has 2 unspecified atom stereocenters. The molecule has 4 nitrogen and oxygen atoms in total. The average molecular weight is 283 g/mol. The highest BCUT2D eigenvalue weighted by molar-refractivity contribution is 7.88. The van der Waals surface area contributed by atoms with E-state index in [1.165, 1.54) is 0 Å². The van der Waals surface area contributed by atoms with E-state index in [0.717, 1.165) is 18.4 Å². The first-order chi connectivity index (χ1) is 8.99. The molecule has 2 atom stereocenters. The standard InChI is InChI=1S/C14H21NO3S/c1-12(16)10-14-8-5-9-15(14)19(17,18)11-13-6-3-2-4-7-13/h2-4,6-7,12,14,16H,5,8-11H2,1H3. The molecule has 1 saturated heterocycles. The van der Waals surface area contributed by atoms with E-state index in [4.69, 9.17) is 0 Å². The molecule has 106 valence electrons. The molecular weight excluding hydrogens is 262 g/mol. The number of hydrogen-bond donors (Lipinski definition) is 1. The van der Waals surface area contributed by atoms with E-state index in [1.54, 1.807) is 11.2 Å². The first-order valence-electron chi connectivity index (χ1n) is 6.70. The maximum Gasteiger partial charge on any atom is 0.218 e. The summed E-state index contributed by atoms with van der Waals surface area (Å²) in [6.07, 6.45) is 1.79. The van der Waals surface area contributed by atoms with Crippen LogP contribution in [0.1, 0.15) is 31.7 Å². The van der Waals surface area contributed by atoms with Crippen molar-refractivity contribution in [3.8, 4) is 0 Å². The van der Waals surface area contributed by atoms with Crippen LogP contribution in [0.25, 0.3) is 0 Å². The van der Waals surface area contributed by atoms with Crippen molar-refractivity contribution >= 4 is 10.0 Å². The van der Waals surface area contributed by atoms with Gasteiger partial charge in [-0.1, -0.05) is 30.3 Å². The van der Waals surface area contributed by atoms with Crippen molar-refractivity contribution in [3.05, 3.63) is 35.9 Å². The number of sulfonamides is 1. The Morgan fingerprint density at radius 2 is 2.05 bits per heavy atom. The van der Waals surface area contributed by atoms with Gasteiger partial charge in [-0.25, -0.2) is 8.42 Å². The molecule has 1 aromatic carbocycles. The summed E-state index contributed by atoms with van der Waals surface area (Å²) < 4.78 is 26.5. The summed E-state index contributed by atoms with van der Waals surface area (Å²) in [5.41, 5.74) is 0.810. The Bertz CT molecular complexity index is 499. The van der Waals surface area contributed by atoms with Crippen LogP contribution >= 0.6 is 0 Å². The van der Waals surface area contributed by atoms with Gasteiger partial charge >= 0.3 is 0 Å². The maximum atomic E-state index is 12.4. The van der Waals surface area contributed by atoms with Gasteiger partial charge in [0, 0.05) is 12.6 Å². The quantitative estimate of drug-likeness (QED) is 0.895. The van der Waals surface area contributed by atoms with Crippen LogP contribution in [0.4, 0.5) is 0 Å². The summed E-state index contributed by atoms with van der Waals surface area (Å²) in [5, 5.41) is 9.46. The second kappa shape index (κ2) is 6.03. The minimum atomic E-state index is -3.29. The summed E-state index contributed by atoms with van der Waals surface area (Å²) in [5.74, 6) is 0.0458. The zero-order chi connectivity index (χ0) is 13.9. The van der Waals surface area contributed by atoms with Crippen molar-refractivity contribution < 1.29 is 13.5 Å². The topological polar surface area (TPSA) is 57.6 Å². The summed E-state index contributed by atoms with van der Waals surface area (Å²) in [7, 11) is -3.29. The second-order valence-corrected chi connectivity index (χ2v) is 7.15. The molecule has 2 rings (SSSR count). The van der Waals surface area contributed by atoms with Gasteiger partial charge in [0.2, 0.25) is 10.0 Å². The molecule has 0 saturated carbocycles. The minimum Gasteiger partial charge on any atom is -0.393 e. The molecule has 19 heavy (non-hydrogen) atoms. The van der Waals surface area contributed by atoms with Crippen LogP contribution in [0, 0.1) is 0 Å². The van der Waals surface area contributed by atoms with E-state index < -0.39 is 16.1 Å². The summed E-state index contributed by atoms with van der Waals surface area (Å²) >= 11 is 0. The highest BCUT2D eigenvalue weighted by Crippen LogP contribution is 2.26. The maximum absolute atomic E-state index is 12.4. The van der Waals surface area contributed by atoms with Crippen LogP contribution in [0.2, 0.25) is 0 Å². The predicted octanol–water partition coefficient (Wildman–Crippen LogP) is 1.75. The van der Waals surface area contributed by atoms with Gasteiger partial charge in [0.1, 0.15) is 0 Å². The Morgan fingerprint density at radius 1 is 1.37 bits per heavy atom. The molecule has 1 aliphatic heterocycles. The largest absolute Gasteiger partial charge is 0.393 e. The van der Waals surface area contributed by atoms with Crippen LogP contribution in [-0.2, 0) is 15.8 Å². The number of benzene rings is 1. The van der Waals surface area contributed by atoms with Crippen LogP contribution in [0.3, 0.4) is 0 Å². The van der Waals surface area contributed by atoms with Gasteiger partial charge in [0.25, 0.3) is 0 Å². The smallest absolute Gasteiger partial charge is 0.218 e. The zero-order valence-electron chi connectivity index (χ0n) is 11.2. The fourth-order valence-electron chi connectivity index (χ4n) is 2.67. The minimum absolute atomic E-state index is 0.0458. The summed E-state index contributed by atoms with van der Waals surface area (Å²) in [6.45, 7) is 2.28. The summed E-state index contributed by atoms with van der Waals surface area (Å²) in [4.78, 5) is 0. The number of rotatable bonds is 5. The Balaban J connectivity index is 2.10. The molecule has 0 radical (unpaired) electrons. The van der Waals surface area contributed by atoms with E-state index >= 15 is 0 Å². The lowest BCUT2D eigenvalue weighted by molar-refractivity contribution is 0.158. The molecule has 0 bridgehead atoms. The van der Waals surface area contributed by atoms with Crippen LogP contribution in [-0.4, -0.2) is 36.5 Å². The van der Waals surface area contributed by atoms with Crippen molar-refractivity contribution in [2.24, 2.45) is 0 Å². The van der Waals surface area contributed by atoms with E-state index in [9.17, 15) is 13.5 Å². The molecule has 1 aromatic rings. The van der Waals surface area contributed by atoms with E-state index in [0.29, 0.717) is 13.0 Å². The van der Waals surface area contributed by atoms with Gasteiger partial charge in [-0.3, -0.25) is 0 Å². The van der Waals surface area contributed by atoms with Crippen molar-refractivity contribution in [2.75, 3.05) is 6.54 Å². The molecule has 1 N–H and O–H groups in total. The molecule has 1 heterocycles. The van der Waals surface area contributed by atoms with E-state index in [2.05, 4.69) is 0 Å². The Morgan fingerprint density at radius 3 is 2.68 bits per heavy atom. The lowest BCUT2D eigenvalue weighted by atomic mass is 10.1. The number of aliphatic hydroxyl groups is 1. The fourth-order valence-corrected chi connectivity index (χ4v) is 4.50. The number of hydrogen-bond acceptors (Lipinski definition) is 3. The number of nitrogens with zero attached hydrogens (tertiary/aromatic N) is 1. The molecule has 1 aliphatic rings. The van der Waals surface area contributed by atoms with Crippen LogP contribution in [0.5, 0.6) is 0 Å².